The van der Waals surface area contributed by atoms with Crippen LogP contribution >= 0.6 is 0 Å². The molecule has 2 aromatic heterocycles. The maximum atomic E-state index is 15.2. The highest BCUT2D eigenvalue weighted by atomic mass is 19.3. The van der Waals surface area contributed by atoms with Gasteiger partial charge in [-0.3, -0.25) is 14.3 Å². The van der Waals surface area contributed by atoms with Gasteiger partial charge in [0.15, 0.2) is 0 Å². The van der Waals surface area contributed by atoms with Crippen molar-refractivity contribution < 1.29 is 27.8 Å². The van der Waals surface area contributed by atoms with Gasteiger partial charge in [-0.15, -0.1) is 0 Å². The number of aromatic nitrogens is 3. The topological polar surface area (TPSA) is 122 Å². The highest BCUT2D eigenvalue weighted by Crippen LogP contribution is 2.37. The number of nitrogens with one attached hydrogen (secondary N) is 1. The van der Waals surface area contributed by atoms with Crippen molar-refractivity contribution in [2.24, 2.45) is 0 Å². The second-order valence-electron chi connectivity index (χ2n) is 9.30. The molecule has 1 unspecified atom stereocenters. The third kappa shape index (κ3) is 4.93. The van der Waals surface area contributed by atoms with Crippen molar-refractivity contribution in [3.8, 4) is 17.7 Å². The second kappa shape index (κ2) is 10.7. The van der Waals surface area contributed by atoms with Crippen LogP contribution in [0.1, 0.15) is 44.5 Å². The van der Waals surface area contributed by atoms with Gasteiger partial charge in [-0.2, -0.15) is 19.1 Å². The molecule has 12 heteroatoms. The minimum absolute atomic E-state index is 0.143. The number of nitriles is 1. The molecular weight excluding hydrogens is 534 g/mol. The van der Waals surface area contributed by atoms with Gasteiger partial charge in [0.2, 0.25) is 5.88 Å². The molecule has 3 heterocycles. The number of hydrogen-bond acceptors (Lipinski definition) is 7. The van der Waals surface area contributed by atoms with Gasteiger partial charge in [-0.25, -0.2) is 4.98 Å². The average molecular weight is 559 g/mol. The maximum absolute atomic E-state index is 15.2. The van der Waals surface area contributed by atoms with Crippen molar-refractivity contribution in [1.29, 1.82) is 5.26 Å². The van der Waals surface area contributed by atoms with Crippen molar-refractivity contribution in [2.75, 3.05) is 24.4 Å². The van der Waals surface area contributed by atoms with E-state index < -0.39 is 17.7 Å². The summed E-state index contributed by atoms with van der Waals surface area (Å²) in [6.45, 7) is 2.13. The number of nitrogens with zero attached hydrogens (tertiary/aromatic N) is 5. The highest BCUT2D eigenvalue weighted by Gasteiger charge is 2.37. The van der Waals surface area contributed by atoms with Crippen LogP contribution in [-0.4, -0.2) is 46.8 Å². The fourth-order valence-corrected chi connectivity index (χ4v) is 4.67. The first-order valence-corrected chi connectivity index (χ1v) is 12.5. The fourth-order valence-electron chi connectivity index (χ4n) is 4.67. The Morgan fingerprint density at radius 1 is 1.07 bits per heavy atom. The molecule has 1 aliphatic rings. The summed E-state index contributed by atoms with van der Waals surface area (Å²) in [7, 11) is 2.82. The molecule has 1 aliphatic heterocycles. The summed E-state index contributed by atoms with van der Waals surface area (Å²) in [5.74, 6) is -3.77. The number of carbonyl (C=O) groups excluding carboxylic acids is 2. The quantitative estimate of drug-likeness (QED) is 0.352. The molecule has 0 saturated heterocycles. The van der Waals surface area contributed by atoms with Crippen molar-refractivity contribution in [3.05, 3.63) is 94.9 Å². The molecule has 208 valence electrons. The van der Waals surface area contributed by atoms with E-state index in [9.17, 15) is 14.9 Å². The van der Waals surface area contributed by atoms with Gasteiger partial charge in [0.05, 0.1) is 44.3 Å². The molecule has 0 saturated carbocycles. The number of fused-ring (bicyclic) bond motifs is 1. The van der Waals surface area contributed by atoms with Gasteiger partial charge < -0.3 is 19.7 Å². The minimum atomic E-state index is -3.32. The van der Waals surface area contributed by atoms with E-state index >= 15 is 8.78 Å². The zero-order valence-corrected chi connectivity index (χ0v) is 22.3. The van der Waals surface area contributed by atoms with E-state index in [1.165, 1.54) is 84.6 Å². The Morgan fingerprint density at radius 2 is 1.80 bits per heavy atom. The van der Waals surface area contributed by atoms with Crippen molar-refractivity contribution in [1.82, 2.24) is 14.8 Å². The first kappa shape index (κ1) is 27.3. The van der Waals surface area contributed by atoms with Crippen LogP contribution in [0.2, 0.25) is 0 Å². The number of alkyl halides is 2. The van der Waals surface area contributed by atoms with Crippen LogP contribution in [0.5, 0.6) is 11.6 Å². The number of anilines is 2. The third-order valence-corrected chi connectivity index (χ3v) is 6.79. The number of benzene rings is 2. The lowest BCUT2D eigenvalue weighted by atomic mass is 10.0. The number of ether oxygens (including phenoxy) is 2. The maximum Gasteiger partial charge on any atom is 0.299 e. The van der Waals surface area contributed by atoms with Crippen LogP contribution in [0.15, 0.2) is 67.0 Å². The Morgan fingerprint density at radius 3 is 2.44 bits per heavy atom. The van der Waals surface area contributed by atoms with Crippen LogP contribution < -0.4 is 19.7 Å². The molecule has 0 bridgehead atoms. The summed E-state index contributed by atoms with van der Waals surface area (Å²) in [4.78, 5) is 32.0. The van der Waals surface area contributed by atoms with Crippen LogP contribution in [-0.2, 0) is 12.5 Å². The standard InChI is InChI=1S/C29H24F2N6O4/c1-17-16-36-26(23(15-34-36)35-27(38)18-4-10-24(40-2)19(12-18)13-32)28(39)37(17)22-8-5-20(6-9-22)29(30,31)21-7-11-25(41-3)33-14-21/h4-12,14-15,17H,16H2,1-3H3,(H,35,38). The molecule has 2 amide bonds. The second-order valence-corrected chi connectivity index (χ2v) is 9.30. The highest BCUT2D eigenvalue weighted by molar-refractivity contribution is 6.13. The van der Waals surface area contributed by atoms with Gasteiger partial charge in [-0.05, 0) is 43.3 Å². The summed E-state index contributed by atoms with van der Waals surface area (Å²) in [5, 5.41) is 16.3. The smallest absolute Gasteiger partial charge is 0.299 e. The van der Waals surface area contributed by atoms with E-state index in [1.807, 2.05) is 13.0 Å². The van der Waals surface area contributed by atoms with Gasteiger partial charge in [0.1, 0.15) is 17.5 Å². The number of amides is 2. The van der Waals surface area contributed by atoms with Crippen LogP contribution in [0.25, 0.3) is 0 Å². The Hall–Kier alpha value is -5.31. The SMILES string of the molecule is COc1ccc(C(F)(F)c2ccc(N3C(=O)c4c(NC(=O)c5ccc(OC)c(C#N)c5)cnn4CC3C)cc2)cn1. The van der Waals surface area contributed by atoms with Crippen LogP contribution in [0.4, 0.5) is 20.2 Å². The molecule has 1 N–H and O–H groups in total. The summed E-state index contributed by atoms with van der Waals surface area (Å²) in [6, 6.07) is 14.1. The molecule has 1 atom stereocenters. The van der Waals surface area contributed by atoms with Crippen LogP contribution in [0.3, 0.4) is 0 Å². The Kier molecular flexibility index (Phi) is 7.11. The Labute approximate surface area is 233 Å². The largest absolute Gasteiger partial charge is 0.495 e. The predicted octanol–water partition coefficient (Wildman–Crippen LogP) is 4.61. The van der Waals surface area contributed by atoms with Crippen molar-refractivity contribution in [2.45, 2.75) is 25.4 Å². The summed E-state index contributed by atoms with van der Waals surface area (Å²) in [6.07, 6.45) is 2.44. The summed E-state index contributed by atoms with van der Waals surface area (Å²) in [5.41, 5.74) is 0.556. The lowest BCUT2D eigenvalue weighted by molar-refractivity contribution is 0.0424. The Bertz CT molecular complexity index is 1660. The zero-order valence-electron chi connectivity index (χ0n) is 22.3. The monoisotopic (exact) mass is 558 g/mol. The van der Waals surface area contributed by atoms with E-state index in [1.54, 1.807) is 0 Å². The number of carbonyl (C=O) groups is 2. The zero-order chi connectivity index (χ0) is 29.3. The average Bonchev–Trinajstić information content (AvgIpc) is 3.39. The van der Waals surface area contributed by atoms with Gasteiger partial charge in [-0.1, -0.05) is 12.1 Å². The van der Waals surface area contributed by atoms with Gasteiger partial charge in [0.25, 0.3) is 17.7 Å². The van der Waals surface area contributed by atoms with E-state index in [4.69, 9.17) is 9.47 Å². The molecule has 0 radical (unpaired) electrons. The molecule has 0 aliphatic carbocycles. The fraction of sp³-hybridized carbons (Fsp3) is 0.207. The number of methoxy groups -OCH3 is 2. The molecule has 5 rings (SSSR count). The lowest BCUT2D eigenvalue weighted by Crippen LogP contribution is -2.47. The molecule has 4 aromatic rings. The van der Waals surface area contributed by atoms with E-state index in [0.29, 0.717) is 18.0 Å². The van der Waals surface area contributed by atoms with E-state index in [2.05, 4.69) is 15.4 Å². The third-order valence-electron chi connectivity index (χ3n) is 6.79. The van der Waals surface area contributed by atoms with E-state index in [0.717, 1.165) is 6.20 Å². The number of hydrogen-bond donors (Lipinski definition) is 1. The first-order chi connectivity index (χ1) is 19.7. The van der Waals surface area contributed by atoms with Gasteiger partial charge >= 0.3 is 0 Å². The number of rotatable bonds is 7. The molecule has 2 aromatic carbocycles. The molecule has 0 spiro atoms. The summed E-state index contributed by atoms with van der Waals surface area (Å²) < 4.78 is 41.9. The first-order valence-electron chi connectivity index (χ1n) is 12.5. The number of halogens is 2. The Balaban J connectivity index is 1.39. The van der Waals surface area contributed by atoms with Gasteiger partial charge in [0, 0.05) is 34.6 Å². The minimum Gasteiger partial charge on any atom is -0.495 e. The lowest BCUT2D eigenvalue weighted by Gasteiger charge is -2.34. The molecule has 41 heavy (non-hydrogen) atoms. The molecular formula is C29H24F2N6O4. The summed E-state index contributed by atoms with van der Waals surface area (Å²) >= 11 is 0. The predicted molar refractivity (Wildman–Crippen MR) is 144 cm³/mol. The molecule has 0 fully saturated rings. The van der Waals surface area contributed by atoms with Crippen molar-refractivity contribution >= 4 is 23.2 Å². The van der Waals surface area contributed by atoms with Crippen LogP contribution in [0, 0.1) is 11.3 Å². The van der Waals surface area contributed by atoms with Crippen molar-refractivity contribution in [3.63, 3.8) is 0 Å². The normalized spacial score (nSPS) is 14.7. The van der Waals surface area contributed by atoms with E-state index in [-0.39, 0.29) is 45.6 Å². The molecule has 10 nitrogen and oxygen atoms in total. The number of pyridine rings is 1.